The van der Waals surface area contributed by atoms with Gasteiger partial charge in [-0.2, -0.15) is 0 Å². The SMILES string of the molecule is Cc1ccccc1N1CCN(CCNC(=O)c2ccc3ccccc3n2)CC1. The highest BCUT2D eigenvalue weighted by molar-refractivity contribution is 5.94. The van der Waals surface area contributed by atoms with Crippen molar-refractivity contribution in [1.29, 1.82) is 0 Å². The molecule has 4 rings (SSSR count). The van der Waals surface area contributed by atoms with Gasteiger partial charge in [-0.05, 0) is 30.7 Å². The molecule has 1 aromatic heterocycles. The van der Waals surface area contributed by atoms with Gasteiger partial charge >= 0.3 is 0 Å². The van der Waals surface area contributed by atoms with Crippen LogP contribution in [0.25, 0.3) is 10.9 Å². The molecule has 1 aliphatic rings. The number of anilines is 1. The summed E-state index contributed by atoms with van der Waals surface area (Å²) >= 11 is 0. The summed E-state index contributed by atoms with van der Waals surface area (Å²) in [6.45, 7) is 7.73. The molecule has 144 valence electrons. The topological polar surface area (TPSA) is 48.5 Å². The number of nitrogens with one attached hydrogen (secondary N) is 1. The lowest BCUT2D eigenvalue weighted by atomic mass is 10.1. The second-order valence-electron chi connectivity index (χ2n) is 7.26. The highest BCUT2D eigenvalue weighted by Crippen LogP contribution is 2.20. The van der Waals surface area contributed by atoms with Gasteiger partial charge < -0.3 is 10.2 Å². The summed E-state index contributed by atoms with van der Waals surface area (Å²) in [6.07, 6.45) is 0. The van der Waals surface area contributed by atoms with Crippen molar-refractivity contribution in [2.75, 3.05) is 44.2 Å². The Morgan fingerprint density at radius 3 is 2.54 bits per heavy atom. The number of hydrogen-bond acceptors (Lipinski definition) is 4. The number of aryl methyl sites for hydroxylation is 1. The van der Waals surface area contributed by atoms with Crippen molar-refractivity contribution in [3.63, 3.8) is 0 Å². The van der Waals surface area contributed by atoms with Crippen LogP contribution in [-0.4, -0.2) is 55.1 Å². The van der Waals surface area contributed by atoms with E-state index in [0.29, 0.717) is 12.2 Å². The minimum absolute atomic E-state index is 0.107. The number of aromatic nitrogens is 1. The van der Waals surface area contributed by atoms with Crippen molar-refractivity contribution in [2.45, 2.75) is 6.92 Å². The zero-order valence-electron chi connectivity index (χ0n) is 16.3. The quantitative estimate of drug-likeness (QED) is 0.746. The van der Waals surface area contributed by atoms with E-state index in [1.54, 1.807) is 6.07 Å². The molecule has 1 N–H and O–H groups in total. The first kappa shape index (κ1) is 18.4. The summed E-state index contributed by atoms with van der Waals surface area (Å²) < 4.78 is 0. The van der Waals surface area contributed by atoms with Crippen molar-refractivity contribution >= 4 is 22.5 Å². The van der Waals surface area contributed by atoms with Gasteiger partial charge in [-0.1, -0.05) is 42.5 Å². The molecule has 1 amide bonds. The number of carbonyl (C=O) groups excluding carboxylic acids is 1. The van der Waals surface area contributed by atoms with Gasteiger partial charge in [0.2, 0.25) is 0 Å². The molecule has 0 saturated carbocycles. The van der Waals surface area contributed by atoms with E-state index in [9.17, 15) is 4.79 Å². The average Bonchev–Trinajstić information content (AvgIpc) is 2.74. The number of nitrogens with zero attached hydrogens (tertiary/aromatic N) is 3. The summed E-state index contributed by atoms with van der Waals surface area (Å²) in [5, 5.41) is 4.05. The highest BCUT2D eigenvalue weighted by atomic mass is 16.1. The van der Waals surface area contributed by atoms with E-state index >= 15 is 0 Å². The number of amides is 1. The molecule has 5 heteroatoms. The minimum atomic E-state index is -0.107. The van der Waals surface area contributed by atoms with Gasteiger partial charge in [0.15, 0.2) is 0 Å². The van der Waals surface area contributed by atoms with Crippen LogP contribution < -0.4 is 10.2 Å². The second-order valence-corrected chi connectivity index (χ2v) is 7.26. The molecule has 0 radical (unpaired) electrons. The van der Waals surface area contributed by atoms with Gasteiger partial charge in [-0.25, -0.2) is 4.98 Å². The molecular weight excluding hydrogens is 348 g/mol. The maximum atomic E-state index is 12.4. The minimum Gasteiger partial charge on any atom is -0.369 e. The average molecular weight is 374 g/mol. The summed E-state index contributed by atoms with van der Waals surface area (Å²) in [6, 6.07) is 20.1. The van der Waals surface area contributed by atoms with Crippen LogP contribution in [0.1, 0.15) is 16.1 Å². The number of pyridine rings is 1. The Morgan fingerprint density at radius 1 is 0.964 bits per heavy atom. The van der Waals surface area contributed by atoms with E-state index in [4.69, 9.17) is 0 Å². The van der Waals surface area contributed by atoms with Crippen LogP contribution in [0.5, 0.6) is 0 Å². The standard InChI is InChI=1S/C23H26N4O/c1-18-6-2-5-9-22(18)27-16-14-26(15-17-27)13-12-24-23(28)21-11-10-19-7-3-4-8-20(19)25-21/h2-11H,12-17H2,1H3,(H,24,28). The van der Waals surface area contributed by atoms with Gasteiger partial charge in [0, 0.05) is 50.3 Å². The lowest BCUT2D eigenvalue weighted by Crippen LogP contribution is -2.48. The van der Waals surface area contributed by atoms with E-state index in [1.807, 2.05) is 30.3 Å². The third-order valence-corrected chi connectivity index (χ3v) is 5.37. The fourth-order valence-electron chi connectivity index (χ4n) is 3.74. The number of hydrogen-bond donors (Lipinski definition) is 1. The van der Waals surface area contributed by atoms with Crippen LogP contribution in [0.3, 0.4) is 0 Å². The van der Waals surface area contributed by atoms with Crippen LogP contribution in [0.15, 0.2) is 60.7 Å². The maximum Gasteiger partial charge on any atom is 0.269 e. The first-order chi connectivity index (χ1) is 13.7. The van der Waals surface area contributed by atoms with Gasteiger partial charge in [-0.15, -0.1) is 0 Å². The van der Waals surface area contributed by atoms with E-state index in [1.165, 1.54) is 11.3 Å². The summed E-state index contributed by atoms with van der Waals surface area (Å²) in [5.41, 5.74) is 3.98. The predicted molar refractivity (Wildman–Crippen MR) is 114 cm³/mol. The molecule has 2 aromatic carbocycles. The molecule has 2 heterocycles. The molecule has 28 heavy (non-hydrogen) atoms. The van der Waals surface area contributed by atoms with Gasteiger partial charge in [0.1, 0.15) is 5.69 Å². The molecule has 1 aliphatic heterocycles. The van der Waals surface area contributed by atoms with Crippen molar-refractivity contribution in [2.24, 2.45) is 0 Å². The van der Waals surface area contributed by atoms with Crippen LogP contribution in [-0.2, 0) is 0 Å². The Labute approximate surface area is 166 Å². The van der Waals surface area contributed by atoms with Gasteiger partial charge in [-0.3, -0.25) is 9.69 Å². The Morgan fingerprint density at radius 2 is 1.71 bits per heavy atom. The molecule has 0 spiro atoms. The monoisotopic (exact) mass is 374 g/mol. The molecule has 1 saturated heterocycles. The second kappa shape index (κ2) is 8.40. The van der Waals surface area contributed by atoms with E-state index < -0.39 is 0 Å². The molecule has 0 bridgehead atoms. The zero-order chi connectivity index (χ0) is 19.3. The predicted octanol–water partition coefficient (Wildman–Crippen LogP) is 3.10. The largest absolute Gasteiger partial charge is 0.369 e. The van der Waals surface area contributed by atoms with Crippen molar-refractivity contribution in [3.05, 3.63) is 71.9 Å². The van der Waals surface area contributed by atoms with Crippen molar-refractivity contribution in [3.8, 4) is 0 Å². The van der Waals surface area contributed by atoms with Gasteiger partial charge in [0.25, 0.3) is 5.91 Å². The Kier molecular flexibility index (Phi) is 5.53. The molecule has 0 atom stereocenters. The van der Waals surface area contributed by atoms with Crippen molar-refractivity contribution < 1.29 is 4.79 Å². The molecule has 0 aliphatic carbocycles. The van der Waals surface area contributed by atoms with E-state index in [2.05, 4.69) is 51.3 Å². The third kappa shape index (κ3) is 4.15. The van der Waals surface area contributed by atoms with Gasteiger partial charge in [0.05, 0.1) is 5.52 Å². The lowest BCUT2D eigenvalue weighted by Gasteiger charge is -2.36. The first-order valence-electron chi connectivity index (χ1n) is 9.88. The normalized spacial score (nSPS) is 15.0. The maximum absolute atomic E-state index is 12.4. The third-order valence-electron chi connectivity index (χ3n) is 5.37. The molecular formula is C23H26N4O. The van der Waals surface area contributed by atoms with Crippen molar-refractivity contribution in [1.82, 2.24) is 15.2 Å². The number of rotatable bonds is 5. The van der Waals surface area contributed by atoms with Crippen LogP contribution in [0, 0.1) is 6.92 Å². The van der Waals surface area contributed by atoms with Crippen LogP contribution in [0.4, 0.5) is 5.69 Å². The Balaban J connectivity index is 1.25. The lowest BCUT2D eigenvalue weighted by molar-refractivity contribution is 0.0943. The number of para-hydroxylation sites is 2. The first-order valence-corrected chi connectivity index (χ1v) is 9.88. The summed E-state index contributed by atoms with van der Waals surface area (Å²) in [5.74, 6) is -0.107. The smallest absolute Gasteiger partial charge is 0.269 e. The Hall–Kier alpha value is -2.92. The van der Waals surface area contributed by atoms with E-state index in [0.717, 1.165) is 43.6 Å². The fourth-order valence-corrected chi connectivity index (χ4v) is 3.74. The van der Waals surface area contributed by atoms with Crippen LogP contribution in [0.2, 0.25) is 0 Å². The number of fused-ring (bicyclic) bond motifs is 1. The summed E-state index contributed by atoms with van der Waals surface area (Å²) in [7, 11) is 0. The highest BCUT2D eigenvalue weighted by Gasteiger charge is 2.18. The molecule has 0 unspecified atom stereocenters. The molecule has 5 nitrogen and oxygen atoms in total. The number of piperazine rings is 1. The Bertz CT molecular complexity index is 963. The number of benzene rings is 2. The number of carbonyl (C=O) groups is 1. The van der Waals surface area contributed by atoms with E-state index in [-0.39, 0.29) is 5.91 Å². The fraction of sp³-hybridized carbons (Fsp3) is 0.304. The summed E-state index contributed by atoms with van der Waals surface area (Å²) in [4.78, 5) is 21.7. The zero-order valence-corrected chi connectivity index (χ0v) is 16.3. The van der Waals surface area contributed by atoms with Crippen LogP contribution >= 0.6 is 0 Å². The molecule has 3 aromatic rings. The molecule has 1 fully saturated rings.